The molecule has 17 heavy (non-hydrogen) atoms. The molecule has 3 N–H and O–H groups in total. The Hall–Kier alpha value is -1.23. The number of rotatable bonds is 5. The average Bonchev–Trinajstić information content (AvgIpc) is 2.22. The van der Waals surface area contributed by atoms with Crippen molar-refractivity contribution in [1.82, 2.24) is 5.32 Å². The maximum Gasteiger partial charge on any atom is 0.257 e. The number of nitrogens with one attached hydrogen (secondary N) is 1. The van der Waals surface area contributed by atoms with Crippen LogP contribution in [0.4, 0.5) is 5.69 Å². The van der Waals surface area contributed by atoms with E-state index >= 15 is 0 Å². The standard InChI is InChI=1S/C12H17BrN2O2/c1-8(2)6-15-12(16)7-17-11-4-9(13)3-10(14)5-11/h3-5,8H,6-7,14H2,1-2H3,(H,15,16). The van der Waals surface area contributed by atoms with Gasteiger partial charge in [0.25, 0.3) is 5.91 Å². The number of ether oxygens (including phenoxy) is 1. The fraction of sp³-hybridized carbons (Fsp3) is 0.417. The molecule has 1 aromatic carbocycles. The summed E-state index contributed by atoms with van der Waals surface area (Å²) in [5.74, 6) is 0.884. The predicted octanol–water partition coefficient (Wildman–Crippen LogP) is 2.18. The van der Waals surface area contributed by atoms with Crippen molar-refractivity contribution < 1.29 is 9.53 Å². The van der Waals surface area contributed by atoms with E-state index < -0.39 is 0 Å². The number of amides is 1. The lowest BCUT2D eigenvalue weighted by molar-refractivity contribution is -0.123. The molecule has 1 rings (SSSR count). The molecule has 0 aliphatic heterocycles. The van der Waals surface area contributed by atoms with E-state index in [9.17, 15) is 4.79 Å². The Balaban J connectivity index is 2.42. The second kappa shape index (κ2) is 6.49. The van der Waals surface area contributed by atoms with Gasteiger partial charge in [0.05, 0.1) is 0 Å². The lowest BCUT2D eigenvalue weighted by Crippen LogP contribution is -2.31. The van der Waals surface area contributed by atoms with Crippen LogP contribution in [0, 0.1) is 5.92 Å². The van der Waals surface area contributed by atoms with E-state index in [-0.39, 0.29) is 12.5 Å². The van der Waals surface area contributed by atoms with Crippen LogP contribution in [0.3, 0.4) is 0 Å². The number of hydrogen-bond donors (Lipinski definition) is 2. The minimum Gasteiger partial charge on any atom is -0.484 e. The fourth-order valence-electron chi connectivity index (χ4n) is 1.19. The predicted molar refractivity (Wildman–Crippen MR) is 71.9 cm³/mol. The Morgan fingerprint density at radius 1 is 1.47 bits per heavy atom. The zero-order valence-electron chi connectivity index (χ0n) is 10.00. The second-order valence-corrected chi connectivity index (χ2v) is 5.12. The van der Waals surface area contributed by atoms with Crippen LogP contribution in [0.25, 0.3) is 0 Å². The summed E-state index contributed by atoms with van der Waals surface area (Å²) in [5.41, 5.74) is 6.25. The molecule has 0 spiro atoms. The smallest absolute Gasteiger partial charge is 0.257 e. The van der Waals surface area contributed by atoms with Crippen molar-refractivity contribution in [2.24, 2.45) is 5.92 Å². The van der Waals surface area contributed by atoms with Gasteiger partial charge in [-0.3, -0.25) is 4.79 Å². The van der Waals surface area contributed by atoms with Crippen LogP contribution in [0.1, 0.15) is 13.8 Å². The molecule has 0 saturated carbocycles. The van der Waals surface area contributed by atoms with Gasteiger partial charge in [-0.2, -0.15) is 0 Å². The molecule has 4 nitrogen and oxygen atoms in total. The molecule has 1 aromatic rings. The van der Waals surface area contributed by atoms with E-state index in [0.717, 1.165) is 4.47 Å². The van der Waals surface area contributed by atoms with Gasteiger partial charge in [0, 0.05) is 22.8 Å². The van der Waals surface area contributed by atoms with Gasteiger partial charge in [-0.05, 0) is 18.1 Å². The Labute approximate surface area is 110 Å². The maximum absolute atomic E-state index is 11.4. The van der Waals surface area contributed by atoms with Gasteiger partial charge in [-0.15, -0.1) is 0 Å². The van der Waals surface area contributed by atoms with E-state index in [2.05, 4.69) is 21.2 Å². The normalized spacial score (nSPS) is 10.4. The summed E-state index contributed by atoms with van der Waals surface area (Å²) < 4.78 is 6.17. The third-order valence-corrected chi connectivity index (χ3v) is 2.43. The maximum atomic E-state index is 11.4. The van der Waals surface area contributed by atoms with E-state index in [1.54, 1.807) is 18.2 Å². The highest BCUT2D eigenvalue weighted by molar-refractivity contribution is 9.10. The Bertz CT molecular complexity index is 374. The summed E-state index contributed by atoms with van der Waals surface area (Å²) in [6.45, 7) is 4.73. The van der Waals surface area contributed by atoms with Crippen molar-refractivity contribution >= 4 is 27.5 Å². The molecule has 94 valence electrons. The minimum absolute atomic E-state index is 0.00259. The van der Waals surface area contributed by atoms with Gasteiger partial charge in [0.15, 0.2) is 6.61 Å². The van der Waals surface area contributed by atoms with Crippen LogP contribution in [0.2, 0.25) is 0 Å². The number of nitrogens with two attached hydrogens (primary N) is 1. The molecule has 0 aliphatic rings. The Morgan fingerprint density at radius 2 is 2.18 bits per heavy atom. The summed E-state index contributed by atoms with van der Waals surface area (Å²) in [6.07, 6.45) is 0. The molecule has 0 aromatic heterocycles. The van der Waals surface area contributed by atoms with Crippen molar-refractivity contribution in [3.63, 3.8) is 0 Å². The van der Waals surface area contributed by atoms with Crippen molar-refractivity contribution in [1.29, 1.82) is 0 Å². The zero-order chi connectivity index (χ0) is 12.8. The Kier molecular flexibility index (Phi) is 5.28. The number of nitrogen functional groups attached to an aromatic ring is 1. The van der Waals surface area contributed by atoms with Crippen LogP contribution in [-0.2, 0) is 4.79 Å². The van der Waals surface area contributed by atoms with Crippen molar-refractivity contribution in [2.75, 3.05) is 18.9 Å². The summed E-state index contributed by atoms with van der Waals surface area (Å²) in [5, 5.41) is 2.77. The molecule has 0 atom stereocenters. The largest absolute Gasteiger partial charge is 0.484 e. The molecule has 0 saturated heterocycles. The lowest BCUT2D eigenvalue weighted by Gasteiger charge is -2.09. The molecule has 0 radical (unpaired) electrons. The van der Waals surface area contributed by atoms with Crippen LogP contribution in [-0.4, -0.2) is 19.1 Å². The van der Waals surface area contributed by atoms with Crippen molar-refractivity contribution in [3.05, 3.63) is 22.7 Å². The van der Waals surface area contributed by atoms with Crippen LogP contribution >= 0.6 is 15.9 Å². The summed E-state index contributed by atoms with van der Waals surface area (Å²) in [6, 6.07) is 5.22. The quantitative estimate of drug-likeness (QED) is 0.819. The molecule has 0 heterocycles. The zero-order valence-corrected chi connectivity index (χ0v) is 11.6. The highest BCUT2D eigenvalue weighted by Gasteiger charge is 2.04. The second-order valence-electron chi connectivity index (χ2n) is 4.21. The summed E-state index contributed by atoms with van der Waals surface area (Å²) >= 11 is 3.31. The van der Waals surface area contributed by atoms with Crippen LogP contribution in [0.15, 0.2) is 22.7 Å². The number of hydrogen-bond acceptors (Lipinski definition) is 3. The van der Waals surface area contributed by atoms with E-state index in [1.165, 1.54) is 0 Å². The molecule has 0 unspecified atom stereocenters. The van der Waals surface area contributed by atoms with Crippen LogP contribution in [0.5, 0.6) is 5.75 Å². The van der Waals surface area contributed by atoms with Gasteiger partial charge in [-0.25, -0.2) is 0 Å². The topological polar surface area (TPSA) is 64.3 Å². The molecule has 0 fully saturated rings. The van der Waals surface area contributed by atoms with E-state index in [4.69, 9.17) is 10.5 Å². The fourth-order valence-corrected chi connectivity index (χ4v) is 1.68. The highest BCUT2D eigenvalue weighted by Crippen LogP contribution is 2.22. The first-order chi connectivity index (χ1) is 7.97. The number of carbonyl (C=O) groups is 1. The lowest BCUT2D eigenvalue weighted by atomic mass is 10.2. The monoisotopic (exact) mass is 300 g/mol. The third-order valence-electron chi connectivity index (χ3n) is 1.97. The van der Waals surface area contributed by atoms with Gasteiger partial charge >= 0.3 is 0 Å². The molecule has 0 bridgehead atoms. The van der Waals surface area contributed by atoms with Crippen molar-refractivity contribution in [2.45, 2.75) is 13.8 Å². The number of benzene rings is 1. The first-order valence-corrected chi connectivity index (χ1v) is 6.22. The number of carbonyl (C=O) groups excluding carboxylic acids is 1. The number of anilines is 1. The van der Waals surface area contributed by atoms with Gasteiger partial charge in [-0.1, -0.05) is 29.8 Å². The SMILES string of the molecule is CC(C)CNC(=O)COc1cc(N)cc(Br)c1. The first kappa shape index (κ1) is 13.8. The highest BCUT2D eigenvalue weighted by atomic mass is 79.9. The van der Waals surface area contributed by atoms with Crippen LogP contribution < -0.4 is 15.8 Å². The van der Waals surface area contributed by atoms with Crippen molar-refractivity contribution in [3.8, 4) is 5.75 Å². The average molecular weight is 301 g/mol. The molecule has 0 aliphatic carbocycles. The van der Waals surface area contributed by atoms with Gasteiger partial charge in [0.1, 0.15) is 5.75 Å². The van der Waals surface area contributed by atoms with Gasteiger partial charge in [0.2, 0.25) is 0 Å². The summed E-state index contributed by atoms with van der Waals surface area (Å²) in [7, 11) is 0. The first-order valence-electron chi connectivity index (χ1n) is 5.43. The minimum atomic E-state index is -0.128. The molecule has 1 amide bonds. The molecular formula is C12H17BrN2O2. The third kappa shape index (κ3) is 5.58. The Morgan fingerprint density at radius 3 is 2.76 bits per heavy atom. The molecular weight excluding hydrogens is 284 g/mol. The van der Waals surface area contributed by atoms with E-state index in [1.807, 2.05) is 13.8 Å². The summed E-state index contributed by atoms with van der Waals surface area (Å²) in [4.78, 5) is 11.4. The molecule has 5 heteroatoms. The number of halogens is 1. The van der Waals surface area contributed by atoms with Gasteiger partial charge < -0.3 is 15.8 Å². The van der Waals surface area contributed by atoms with E-state index in [0.29, 0.717) is 23.9 Å².